The Hall–Kier alpha value is -1.06. The van der Waals surface area contributed by atoms with Crippen LogP contribution in [0.3, 0.4) is 0 Å². The molecule has 4 nitrogen and oxygen atoms in total. The summed E-state index contributed by atoms with van der Waals surface area (Å²) < 4.78 is 0. The van der Waals surface area contributed by atoms with Gasteiger partial charge in [-0.3, -0.25) is 0 Å². The van der Waals surface area contributed by atoms with E-state index in [1.165, 1.54) is 0 Å². The van der Waals surface area contributed by atoms with Gasteiger partial charge in [0.25, 0.3) is 0 Å². The third-order valence-electron chi connectivity index (χ3n) is 1.29. The van der Waals surface area contributed by atoms with Gasteiger partial charge in [-0.05, 0) is 19.3 Å². The molecule has 0 rings (SSSR count). The third kappa shape index (κ3) is 10.9. The molecule has 76 valence electrons. The summed E-state index contributed by atoms with van der Waals surface area (Å²) in [6.07, 6.45) is 7.00. The zero-order valence-electron chi connectivity index (χ0n) is 9.06. The highest BCUT2D eigenvalue weighted by Gasteiger charge is 1.83. The zero-order valence-corrected chi connectivity index (χ0v) is 9.06. The van der Waals surface area contributed by atoms with Crippen molar-refractivity contribution in [3.63, 3.8) is 0 Å². The van der Waals surface area contributed by atoms with Crippen LogP contribution in [0.2, 0.25) is 0 Å². The topological polar surface area (TPSA) is 31.2 Å². The summed E-state index contributed by atoms with van der Waals surface area (Å²) in [5, 5.41) is 11.8. The molecule has 0 radical (unpaired) electrons. The fraction of sp³-hybridized carbons (Fsp3) is 0.778. The minimum atomic E-state index is 1.01. The molecule has 0 fully saturated rings. The Labute approximate surface area is 80.9 Å². The first-order valence-electron chi connectivity index (χ1n) is 4.52. The van der Waals surface area contributed by atoms with Gasteiger partial charge in [0.2, 0.25) is 0 Å². The van der Waals surface area contributed by atoms with Gasteiger partial charge in [-0.1, -0.05) is 0 Å². The average molecular weight is 184 g/mol. The number of hydrazone groups is 2. The minimum Gasteiger partial charge on any atom is -0.303 e. The largest absolute Gasteiger partial charge is 0.303 e. The SMILES string of the molecule is CN(C)/N=C/CCC/C=N/N(C)C. The van der Waals surface area contributed by atoms with Gasteiger partial charge in [0.15, 0.2) is 0 Å². The van der Waals surface area contributed by atoms with Gasteiger partial charge in [0.05, 0.1) is 0 Å². The van der Waals surface area contributed by atoms with Gasteiger partial charge >= 0.3 is 0 Å². The summed E-state index contributed by atoms with van der Waals surface area (Å²) in [4.78, 5) is 0. The lowest BCUT2D eigenvalue weighted by Gasteiger charge is -2.02. The normalized spacial score (nSPS) is 11.4. The van der Waals surface area contributed by atoms with Crippen LogP contribution in [0.4, 0.5) is 0 Å². The zero-order chi connectivity index (χ0) is 10.1. The maximum atomic E-state index is 4.11. The molecule has 0 spiro atoms. The summed E-state index contributed by atoms with van der Waals surface area (Å²) in [6, 6.07) is 0. The van der Waals surface area contributed by atoms with E-state index in [2.05, 4.69) is 10.2 Å². The van der Waals surface area contributed by atoms with E-state index in [4.69, 9.17) is 0 Å². The first kappa shape index (κ1) is 11.9. The highest BCUT2D eigenvalue weighted by atomic mass is 15.4. The highest BCUT2D eigenvalue weighted by Crippen LogP contribution is 1.90. The first-order chi connectivity index (χ1) is 6.13. The fourth-order valence-corrected chi connectivity index (χ4v) is 0.742. The summed E-state index contributed by atoms with van der Waals surface area (Å²) in [5.41, 5.74) is 0. The van der Waals surface area contributed by atoms with E-state index < -0.39 is 0 Å². The Morgan fingerprint density at radius 1 is 0.846 bits per heavy atom. The summed E-state index contributed by atoms with van der Waals surface area (Å²) >= 11 is 0. The van der Waals surface area contributed by atoms with E-state index in [-0.39, 0.29) is 0 Å². The molecule has 0 heterocycles. The summed E-state index contributed by atoms with van der Waals surface area (Å²) in [7, 11) is 7.68. The van der Waals surface area contributed by atoms with Crippen molar-refractivity contribution in [3.8, 4) is 0 Å². The van der Waals surface area contributed by atoms with Crippen LogP contribution in [0, 0.1) is 0 Å². The molecule has 0 aromatic heterocycles. The molecule has 0 N–H and O–H groups in total. The lowest BCUT2D eigenvalue weighted by Crippen LogP contribution is -2.02. The molecule has 0 bridgehead atoms. The Balaban J connectivity index is 3.26. The molecule has 0 aliphatic heterocycles. The summed E-state index contributed by atoms with van der Waals surface area (Å²) in [6.45, 7) is 0. The number of hydrogen-bond acceptors (Lipinski definition) is 4. The second-order valence-electron chi connectivity index (χ2n) is 3.22. The first-order valence-corrected chi connectivity index (χ1v) is 4.52. The van der Waals surface area contributed by atoms with E-state index in [0.29, 0.717) is 0 Å². The average Bonchev–Trinajstić information content (AvgIpc) is 2.01. The molecular weight excluding hydrogens is 164 g/mol. The second-order valence-corrected chi connectivity index (χ2v) is 3.22. The quantitative estimate of drug-likeness (QED) is 0.353. The molecule has 0 amide bonds. The van der Waals surface area contributed by atoms with Crippen LogP contribution < -0.4 is 0 Å². The molecule has 0 atom stereocenters. The van der Waals surface area contributed by atoms with Crippen molar-refractivity contribution in [3.05, 3.63) is 0 Å². The van der Waals surface area contributed by atoms with Gasteiger partial charge in [-0.25, -0.2) is 0 Å². The lowest BCUT2D eigenvalue weighted by molar-refractivity contribution is 0.437. The Kier molecular flexibility index (Phi) is 6.96. The summed E-state index contributed by atoms with van der Waals surface area (Å²) in [5.74, 6) is 0. The Bertz CT molecular complexity index is 143. The van der Waals surface area contributed by atoms with Crippen molar-refractivity contribution >= 4 is 12.4 Å². The van der Waals surface area contributed by atoms with Crippen LogP contribution in [0.25, 0.3) is 0 Å². The number of rotatable bonds is 6. The van der Waals surface area contributed by atoms with E-state index in [1.54, 1.807) is 10.0 Å². The van der Waals surface area contributed by atoms with Crippen LogP contribution >= 0.6 is 0 Å². The lowest BCUT2D eigenvalue weighted by atomic mass is 10.3. The molecule has 0 aliphatic carbocycles. The molecule has 0 unspecified atom stereocenters. The molecule has 0 aromatic carbocycles. The van der Waals surface area contributed by atoms with Gasteiger partial charge in [0, 0.05) is 40.6 Å². The maximum Gasteiger partial charge on any atom is 0.0245 e. The molecule has 4 heteroatoms. The molecular formula is C9H20N4. The van der Waals surface area contributed by atoms with Gasteiger partial charge in [-0.15, -0.1) is 0 Å². The van der Waals surface area contributed by atoms with Crippen LogP contribution in [-0.4, -0.2) is 50.6 Å². The maximum absolute atomic E-state index is 4.11. The van der Waals surface area contributed by atoms with Crippen LogP contribution in [0.1, 0.15) is 19.3 Å². The van der Waals surface area contributed by atoms with Gasteiger partial charge in [0.1, 0.15) is 0 Å². The second kappa shape index (κ2) is 7.58. The molecule has 0 saturated carbocycles. The van der Waals surface area contributed by atoms with E-state index in [0.717, 1.165) is 19.3 Å². The molecule has 0 aliphatic rings. The van der Waals surface area contributed by atoms with Crippen molar-refractivity contribution in [2.75, 3.05) is 28.2 Å². The Morgan fingerprint density at radius 3 is 1.54 bits per heavy atom. The molecule has 13 heavy (non-hydrogen) atoms. The van der Waals surface area contributed by atoms with Crippen molar-refractivity contribution in [1.82, 2.24) is 10.0 Å². The van der Waals surface area contributed by atoms with Crippen molar-refractivity contribution in [1.29, 1.82) is 0 Å². The third-order valence-corrected chi connectivity index (χ3v) is 1.29. The van der Waals surface area contributed by atoms with E-state index in [9.17, 15) is 0 Å². The van der Waals surface area contributed by atoms with Crippen molar-refractivity contribution < 1.29 is 0 Å². The van der Waals surface area contributed by atoms with Crippen molar-refractivity contribution in [2.45, 2.75) is 19.3 Å². The van der Waals surface area contributed by atoms with E-state index >= 15 is 0 Å². The predicted octanol–water partition coefficient (Wildman–Crippen LogP) is 1.25. The van der Waals surface area contributed by atoms with Crippen LogP contribution in [0.5, 0.6) is 0 Å². The number of nitrogens with zero attached hydrogens (tertiary/aromatic N) is 4. The number of hydrogen-bond donors (Lipinski definition) is 0. The van der Waals surface area contributed by atoms with Crippen LogP contribution in [-0.2, 0) is 0 Å². The molecule has 0 saturated heterocycles. The highest BCUT2D eigenvalue weighted by molar-refractivity contribution is 5.60. The smallest absolute Gasteiger partial charge is 0.0245 e. The molecule has 0 aromatic rings. The standard InChI is InChI=1S/C9H20N4/c1-12(2)10-8-6-5-7-9-11-13(3)4/h8-9H,5-7H2,1-4H3/b10-8+,11-9+. The Morgan fingerprint density at radius 2 is 1.23 bits per heavy atom. The monoisotopic (exact) mass is 184 g/mol. The van der Waals surface area contributed by atoms with E-state index in [1.807, 2.05) is 40.6 Å². The van der Waals surface area contributed by atoms with Gasteiger partial charge < -0.3 is 10.0 Å². The predicted molar refractivity (Wildman–Crippen MR) is 58.2 cm³/mol. The van der Waals surface area contributed by atoms with Crippen molar-refractivity contribution in [2.24, 2.45) is 10.2 Å². The fourth-order valence-electron chi connectivity index (χ4n) is 0.742. The number of unbranched alkanes of at least 4 members (excludes halogenated alkanes) is 2. The minimum absolute atomic E-state index is 1.01. The van der Waals surface area contributed by atoms with Crippen LogP contribution in [0.15, 0.2) is 10.2 Å². The van der Waals surface area contributed by atoms with Gasteiger partial charge in [-0.2, -0.15) is 10.2 Å².